The highest BCUT2D eigenvalue weighted by Crippen LogP contribution is 2.50. The average Bonchev–Trinajstić information content (AvgIpc) is 4.08. The number of halogens is 1. The first-order chi connectivity index (χ1) is 28.4. The molecule has 0 spiro atoms. The molecule has 7 atom stereocenters. The van der Waals surface area contributed by atoms with Gasteiger partial charge in [0.1, 0.15) is 29.5 Å². The molecule has 310 valence electrons. The lowest BCUT2D eigenvalue weighted by Crippen LogP contribution is -2.56. The minimum atomic E-state index is -1.31. The Morgan fingerprint density at radius 1 is 0.915 bits per heavy atom. The van der Waals surface area contributed by atoms with E-state index in [1.165, 1.54) is 20.3 Å². The second-order valence-electron chi connectivity index (χ2n) is 16.2. The van der Waals surface area contributed by atoms with E-state index in [2.05, 4.69) is 25.6 Å². The second-order valence-corrected chi connectivity index (χ2v) is 16.2. The summed E-state index contributed by atoms with van der Waals surface area (Å²) in [6, 6.07) is 12.4. The van der Waals surface area contributed by atoms with Gasteiger partial charge in [-0.05, 0) is 91.6 Å². The monoisotopic (exact) mass is 808 g/mol. The number of amides is 4. The molecule has 3 aliphatic rings. The number of aromatic amines is 2. The van der Waals surface area contributed by atoms with E-state index in [0.717, 1.165) is 59.5 Å². The van der Waals surface area contributed by atoms with Gasteiger partial charge in [-0.2, -0.15) is 0 Å². The van der Waals surface area contributed by atoms with E-state index in [1.54, 1.807) is 29.0 Å². The van der Waals surface area contributed by atoms with Crippen LogP contribution in [0.1, 0.15) is 76.6 Å². The van der Waals surface area contributed by atoms with E-state index < -0.39 is 42.2 Å². The Labute approximate surface area is 340 Å². The number of piperidine rings is 1. The van der Waals surface area contributed by atoms with Crippen molar-refractivity contribution in [2.45, 2.75) is 89.2 Å². The van der Waals surface area contributed by atoms with Crippen LogP contribution in [0.25, 0.3) is 44.2 Å². The van der Waals surface area contributed by atoms with Crippen molar-refractivity contribution in [1.29, 1.82) is 0 Å². The van der Waals surface area contributed by atoms with Gasteiger partial charge >= 0.3 is 12.2 Å². The number of hydrogen-bond acceptors (Lipinski definition) is 8. The van der Waals surface area contributed by atoms with E-state index in [1.807, 2.05) is 50.2 Å². The van der Waals surface area contributed by atoms with Gasteiger partial charge in [-0.25, -0.2) is 23.9 Å². The third-order valence-corrected chi connectivity index (χ3v) is 12.4. The molecule has 0 radical (unpaired) electrons. The minimum absolute atomic E-state index is 0.0495. The fourth-order valence-corrected chi connectivity index (χ4v) is 9.36. The molecule has 2 saturated heterocycles. The molecule has 5 aromatic rings. The number of nitrogens with one attached hydrogen (secondary N) is 4. The summed E-state index contributed by atoms with van der Waals surface area (Å²) in [7, 11) is 2.71. The van der Waals surface area contributed by atoms with Crippen molar-refractivity contribution in [3.8, 4) is 22.4 Å². The number of nitrogens with zero attached hydrogens (tertiary/aromatic N) is 4. The Hall–Kier alpha value is -6.03. The van der Waals surface area contributed by atoms with E-state index in [4.69, 9.17) is 14.5 Å². The second kappa shape index (κ2) is 16.0. The summed E-state index contributed by atoms with van der Waals surface area (Å²) in [5.74, 6) is 0.235. The number of aromatic nitrogens is 4. The lowest BCUT2D eigenvalue weighted by atomic mass is 9.96. The normalized spacial score (nSPS) is 21.6. The first kappa shape index (κ1) is 39.8. The maximum atomic E-state index is 16.0. The van der Waals surface area contributed by atoms with Gasteiger partial charge in [0.15, 0.2) is 0 Å². The zero-order chi connectivity index (χ0) is 41.7. The summed E-state index contributed by atoms with van der Waals surface area (Å²) in [4.78, 5) is 71.0. The number of rotatable bonds is 11. The van der Waals surface area contributed by atoms with Crippen LogP contribution in [0.15, 0.2) is 54.7 Å². The molecule has 4 heterocycles. The van der Waals surface area contributed by atoms with Crippen LogP contribution in [-0.4, -0.2) is 104 Å². The van der Waals surface area contributed by atoms with Crippen LogP contribution in [0.2, 0.25) is 0 Å². The third-order valence-electron chi connectivity index (χ3n) is 12.4. The number of carboxylic acid groups (broad SMARTS) is 1. The van der Waals surface area contributed by atoms with Gasteiger partial charge in [0.05, 0.1) is 48.2 Å². The molecule has 2 bridgehead atoms. The van der Waals surface area contributed by atoms with Gasteiger partial charge in [-0.3, -0.25) is 9.59 Å². The molecule has 3 aromatic carbocycles. The molecule has 3 fully saturated rings. The molecule has 1 aliphatic carbocycles. The topological polar surface area (TPSA) is 195 Å². The molecule has 1 saturated carbocycles. The summed E-state index contributed by atoms with van der Waals surface area (Å²) >= 11 is 0. The van der Waals surface area contributed by atoms with Crippen LogP contribution in [0.5, 0.6) is 0 Å². The minimum Gasteiger partial charge on any atom is -0.465 e. The molecule has 5 N–H and O–H groups in total. The number of carbonyl (C=O) groups excluding carboxylic acids is 3. The standard InChI is InChI=1S/C43H49FN8O7/c1-21(2)34(50-43(57)59-5)40(53)51-16-6-7-33(51)38-46-31-15-11-25-17-23(9-13-28(25)36(31)48-38)24-10-14-29(30(44)19-24)32-20-45-39(47-32)37-26-8-12-27(18-26)52(37)41(54)35(22(3)58-4)49-42(55)56/h9-11,13-15,17,19-22,26-27,33-35,37,49H,6-8,12,16,18H2,1-5H3,(H,45,47)(H,46,48)(H,50,57)(H,55,56)/t22?,26-,27+,33-,34?,35?,37?/m0/s1. The fraction of sp³-hybridized carbons (Fsp3) is 0.442. The number of H-pyrrole nitrogens is 2. The number of alkyl carbamates (subject to hydrolysis) is 1. The Balaban J connectivity index is 1.02. The number of methoxy groups -OCH3 is 2. The Morgan fingerprint density at radius 2 is 1.69 bits per heavy atom. The van der Waals surface area contributed by atoms with E-state index in [-0.39, 0.29) is 35.7 Å². The largest absolute Gasteiger partial charge is 0.465 e. The predicted octanol–water partition coefficient (Wildman–Crippen LogP) is 6.68. The SMILES string of the molecule is COC(=O)NC(C(=O)N1CCC[C@H]1c1nc2c(ccc3cc(-c4ccc(-c5cnc(C6[C@H]7CC[C@H](C7)N6C(=O)C(NC(=O)O)C(C)OC)[nH]5)c(F)c4)ccc32)[nH]1)C(C)C. The van der Waals surface area contributed by atoms with Gasteiger partial charge in [-0.15, -0.1) is 0 Å². The highest BCUT2D eigenvalue weighted by molar-refractivity contribution is 6.05. The van der Waals surface area contributed by atoms with Crippen molar-refractivity contribution < 1.29 is 38.1 Å². The number of imidazole rings is 2. The van der Waals surface area contributed by atoms with Crippen LogP contribution >= 0.6 is 0 Å². The number of benzene rings is 3. The summed E-state index contributed by atoms with van der Waals surface area (Å²) in [6.45, 7) is 5.97. The highest BCUT2D eigenvalue weighted by Gasteiger charge is 2.52. The molecular formula is C43H49FN8O7. The molecule has 59 heavy (non-hydrogen) atoms. The van der Waals surface area contributed by atoms with E-state index in [9.17, 15) is 24.3 Å². The lowest BCUT2D eigenvalue weighted by Gasteiger charge is -2.37. The predicted molar refractivity (Wildman–Crippen MR) is 217 cm³/mol. The van der Waals surface area contributed by atoms with Crippen molar-refractivity contribution in [1.82, 2.24) is 40.4 Å². The summed E-state index contributed by atoms with van der Waals surface area (Å²) in [5, 5.41) is 16.3. The molecule has 2 aliphatic heterocycles. The maximum Gasteiger partial charge on any atom is 0.407 e. The van der Waals surface area contributed by atoms with Crippen LogP contribution in [-0.2, 0) is 19.1 Å². The Kier molecular flexibility index (Phi) is 10.8. The third kappa shape index (κ3) is 7.34. The number of hydrogen-bond donors (Lipinski definition) is 5. The van der Waals surface area contributed by atoms with Gasteiger partial charge in [0, 0.05) is 30.6 Å². The summed E-state index contributed by atoms with van der Waals surface area (Å²) < 4.78 is 26.1. The number of carbonyl (C=O) groups is 4. The molecule has 2 aromatic heterocycles. The van der Waals surface area contributed by atoms with Crippen LogP contribution < -0.4 is 10.6 Å². The van der Waals surface area contributed by atoms with Crippen LogP contribution in [0.3, 0.4) is 0 Å². The summed E-state index contributed by atoms with van der Waals surface area (Å²) in [6.07, 6.45) is 2.99. The van der Waals surface area contributed by atoms with Gasteiger partial charge < -0.3 is 45.0 Å². The number of likely N-dealkylation sites (tertiary alicyclic amines) is 2. The van der Waals surface area contributed by atoms with Crippen molar-refractivity contribution in [2.24, 2.45) is 11.8 Å². The molecule has 4 unspecified atom stereocenters. The Morgan fingerprint density at radius 3 is 2.42 bits per heavy atom. The zero-order valence-corrected chi connectivity index (χ0v) is 33.6. The zero-order valence-electron chi connectivity index (χ0n) is 33.6. The van der Waals surface area contributed by atoms with Crippen molar-refractivity contribution >= 4 is 45.8 Å². The number of ether oxygens (including phenoxy) is 2. The average molecular weight is 809 g/mol. The van der Waals surface area contributed by atoms with Gasteiger partial charge in [-0.1, -0.05) is 38.1 Å². The first-order valence-electron chi connectivity index (χ1n) is 20.1. The van der Waals surface area contributed by atoms with E-state index >= 15 is 4.39 Å². The van der Waals surface area contributed by atoms with E-state index in [0.29, 0.717) is 35.0 Å². The quantitative estimate of drug-likeness (QED) is 0.0968. The lowest BCUT2D eigenvalue weighted by molar-refractivity contribution is -0.141. The molecular weight excluding hydrogens is 760 g/mol. The maximum absolute atomic E-state index is 16.0. The summed E-state index contributed by atoms with van der Waals surface area (Å²) in [5.41, 5.74) is 3.91. The van der Waals surface area contributed by atoms with Crippen molar-refractivity contribution in [3.63, 3.8) is 0 Å². The van der Waals surface area contributed by atoms with Gasteiger partial charge in [0.25, 0.3) is 0 Å². The smallest absolute Gasteiger partial charge is 0.407 e. The fourth-order valence-electron chi connectivity index (χ4n) is 9.36. The Bertz CT molecular complexity index is 2430. The number of fused-ring (bicyclic) bond motifs is 5. The van der Waals surface area contributed by atoms with Gasteiger partial charge in [0.2, 0.25) is 11.8 Å². The van der Waals surface area contributed by atoms with Crippen LogP contribution in [0, 0.1) is 17.7 Å². The highest BCUT2D eigenvalue weighted by atomic mass is 19.1. The molecule has 16 heteroatoms. The molecule has 4 amide bonds. The molecule has 15 nitrogen and oxygen atoms in total. The first-order valence-corrected chi connectivity index (χ1v) is 20.1. The van der Waals surface area contributed by atoms with Crippen molar-refractivity contribution in [2.75, 3.05) is 20.8 Å². The van der Waals surface area contributed by atoms with Crippen LogP contribution in [0.4, 0.5) is 14.0 Å². The van der Waals surface area contributed by atoms with Crippen molar-refractivity contribution in [3.05, 3.63) is 72.2 Å². The molecule has 8 rings (SSSR count).